The molecule has 0 aliphatic carbocycles. The van der Waals surface area contributed by atoms with Gasteiger partial charge < -0.3 is 14.6 Å². The number of benzene rings is 1. The van der Waals surface area contributed by atoms with Gasteiger partial charge >= 0.3 is 5.97 Å². The third-order valence-electron chi connectivity index (χ3n) is 3.47. The van der Waals surface area contributed by atoms with Gasteiger partial charge in [-0.1, -0.05) is 19.9 Å². The number of carbonyl (C=O) groups excluding carboxylic acids is 2. The minimum atomic E-state index is -0.564. The molecule has 6 heteroatoms. The van der Waals surface area contributed by atoms with E-state index in [1.807, 2.05) is 13.8 Å². The second-order valence-corrected chi connectivity index (χ2v) is 5.24. The number of aryl methyl sites for hydroxylation is 1. The Labute approximate surface area is 147 Å². The van der Waals surface area contributed by atoms with Crippen molar-refractivity contribution in [2.75, 3.05) is 11.9 Å². The molecule has 2 aromatic rings. The number of carbonyl (C=O) groups is 2. The van der Waals surface area contributed by atoms with Gasteiger partial charge in [-0.25, -0.2) is 9.18 Å². The topological polar surface area (TPSA) is 60.3 Å². The van der Waals surface area contributed by atoms with E-state index < -0.39 is 11.8 Å². The Morgan fingerprint density at radius 1 is 1.24 bits per heavy atom. The number of hydrogen-bond acceptors (Lipinski definition) is 4. The van der Waals surface area contributed by atoms with Gasteiger partial charge in [0.1, 0.15) is 17.2 Å². The highest BCUT2D eigenvalue weighted by Crippen LogP contribution is 2.27. The molecule has 0 amide bonds. The summed E-state index contributed by atoms with van der Waals surface area (Å²) in [6.07, 6.45) is 0. The van der Waals surface area contributed by atoms with Crippen LogP contribution in [0.2, 0.25) is 0 Å². The Hall–Kier alpha value is -2.63. The number of nitrogens with one attached hydrogen (secondary N) is 1. The molecule has 2 rings (SSSR count). The number of hydrogen-bond donors (Lipinski definition) is 1. The fourth-order valence-corrected chi connectivity index (χ4v) is 2.31. The minimum absolute atomic E-state index is 0.194. The van der Waals surface area contributed by atoms with Gasteiger partial charge in [-0.2, -0.15) is 0 Å². The van der Waals surface area contributed by atoms with E-state index >= 15 is 0 Å². The molecule has 1 aromatic heterocycles. The molecule has 0 aliphatic rings. The summed E-state index contributed by atoms with van der Waals surface area (Å²) >= 11 is 0. The Bertz CT molecular complexity index is 766. The van der Waals surface area contributed by atoms with Crippen molar-refractivity contribution in [1.82, 2.24) is 4.57 Å². The van der Waals surface area contributed by atoms with Gasteiger partial charge in [-0.3, -0.25) is 4.79 Å². The summed E-state index contributed by atoms with van der Waals surface area (Å²) in [5, 5.41) is 2.89. The minimum Gasteiger partial charge on any atom is -0.462 e. The van der Waals surface area contributed by atoms with E-state index in [0.29, 0.717) is 11.5 Å². The van der Waals surface area contributed by atoms with E-state index in [1.54, 1.807) is 33.0 Å². The second-order valence-electron chi connectivity index (χ2n) is 5.24. The standard InChI is InChI=1S/C17H19FN2O3.C2H6/c1-5-23-17(22)12-9-15(11(3)21)20(4)16(12)19-14-7-6-10(2)8-13(14)18;1-2/h6-9,19H,5H2,1-4H3;1-2H3. The number of ketones is 1. The van der Waals surface area contributed by atoms with Crippen LogP contribution in [0.1, 0.15) is 54.1 Å². The first kappa shape index (κ1) is 20.4. The SMILES string of the molecule is CC.CCOC(=O)c1cc(C(C)=O)n(C)c1Nc1ccc(C)cc1F. The third kappa shape index (κ3) is 4.68. The third-order valence-corrected chi connectivity index (χ3v) is 3.47. The maximum Gasteiger partial charge on any atom is 0.341 e. The van der Waals surface area contributed by atoms with Crippen LogP contribution in [0.5, 0.6) is 0 Å². The summed E-state index contributed by atoms with van der Waals surface area (Å²) in [5.74, 6) is -0.886. The summed E-state index contributed by atoms with van der Waals surface area (Å²) in [6, 6.07) is 6.18. The van der Waals surface area contributed by atoms with Crippen LogP contribution in [0.4, 0.5) is 15.9 Å². The van der Waals surface area contributed by atoms with E-state index in [1.165, 1.54) is 23.6 Å². The normalized spacial score (nSPS) is 9.88. The Morgan fingerprint density at radius 3 is 2.40 bits per heavy atom. The van der Waals surface area contributed by atoms with Crippen LogP contribution in [-0.2, 0) is 11.8 Å². The van der Waals surface area contributed by atoms with Crippen molar-refractivity contribution in [2.45, 2.75) is 34.6 Å². The average Bonchev–Trinajstić information content (AvgIpc) is 2.89. The lowest BCUT2D eigenvalue weighted by molar-refractivity contribution is 0.0527. The van der Waals surface area contributed by atoms with E-state index in [9.17, 15) is 14.0 Å². The molecule has 0 atom stereocenters. The van der Waals surface area contributed by atoms with Crippen molar-refractivity contribution in [2.24, 2.45) is 7.05 Å². The van der Waals surface area contributed by atoms with E-state index in [0.717, 1.165) is 5.56 Å². The monoisotopic (exact) mass is 348 g/mol. The Kier molecular flexibility index (Phi) is 7.36. The Balaban J connectivity index is 0.00000151. The molecule has 1 N–H and O–H groups in total. The second kappa shape index (κ2) is 9.01. The lowest BCUT2D eigenvalue weighted by Gasteiger charge is -2.12. The number of anilines is 2. The quantitative estimate of drug-likeness (QED) is 0.632. The van der Waals surface area contributed by atoms with Crippen molar-refractivity contribution >= 4 is 23.3 Å². The van der Waals surface area contributed by atoms with Crippen molar-refractivity contribution in [1.29, 1.82) is 0 Å². The fraction of sp³-hybridized carbons (Fsp3) is 0.368. The van der Waals surface area contributed by atoms with Gasteiger partial charge in [0.25, 0.3) is 0 Å². The summed E-state index contributed by atoms with van der Waals surface area (Å²) in [4.78, 5) is 23.8. The first-order valence-electron chi connectivity index (χ1n) is 8.26. The zero-order chi connectivity index (χ0) is 19.1. The van der Waals surface area contributed by atoms with Gasteiger partial charge in [-0.05, 0) is 37.6 Å². The van der Waals surface area contributed by atoms with Gasteiger partial charge in [0.2, 0.25) is 0 Å². The summed E-state index contributed by atoms with van der Waals surface area (Å²) in [5.41, 5.74) is 1.54. The van der Waals surface area contributed by atoms with Gasteiger partial charge in [0, 0.05) is 14.0 Å². The summed E-state index contributed by atoms with van der Waals surface area (Å²) < 4.78 is 20.6. The predicted molar refractivity (Wildman–Crippen MR) is 97.1 cm³/mol. The molecule has 5 nitrogen and oxygen atoms in total. The van der Waals surface area contributed by atoms with Crippen LogP contribution < -0.4 is 5.32 Å². The number of ether oxygens (including phenoxy) is 1. The number of rotatable bonds is 5. The number of Topliss-reactive ketones (excluding diaryl/α,β-unsaturated/α-hetero) is 1. The summed E-state index contributed by atoms with van der Waals surface area (Å²) in [7, 11) is 1.63. The molecule has 1 heterocycles. The van der Waals surface area contributed by atoms with Crippen LogP contribution in [0, 0.1) is 12.7 Å². The molecule has 136 valence electrons. The molecule has 0 unspecified atom stereocenters. The van der Waals surface area contributed by atoms with Crippen molar-refractivity contribution < 1.29 is 18.7 Å². The van der Waals surface area contributed by atoms with Crippen LogP contribution in [0.3, 0.4) is 0 Å². The number of esters is 1. The van der Waals surface area contributed by atoms with E-state index in [-0.39, 0.29) is 23.6 Å². The van der Waals surface area contributed by atoms with Crippen LogP contribution in [0.15, 0.2) is 24.3 Å². The van der Waals surface area contributed by atoms with Crippen molar-refractivity contribution in [3.8, 4) is 0 Å². The van der Waals surface area contributed by atoms with Crippen LogP contribution in [0.25, 0.3) is 0 Å². The van der Waals surface area contributed by atoms with Crippen molar-refractivity contribution in [3.63, 3.8) is 0 Å². The highest BCUT2D eigenvalue weighted by molar-refractivity contribution is 6.02. The van der Waals surface area contributed by atoms with Crippen LogP contribution >= 0.6 is 0 Å². The maximum absolute atomic E-state index is 14.1. The number of aromatic nitrogens is 1. The predicted octanol–water partition coefficient (Wildman–Crippen LogP) is 4.62. The first-order chi connectivity index (χ1) is 11.8. The van der Waals surface area contributed by atoms with Gasteiger partial charge in [0.05, 0.1) is 18.0 Å². The van der Waals surface area contributed by atoms with E-state index in [4.69, 9.17) is 4.74 Å². The lowest BCUT2D eigenvalue weighted by Crippen LogP contribution is -2.09. The molecule has 25 heavy (non-hydrogen) atoms. The zero-order valence-electron chi connectivity index (χ0n) is 15.6. The highest BCUT2D eigenvalue weighted by atomic mass is 19.1. The largest absolute Gasteiger partial charge is 0.462 e. The maximum atomic E-state index is 14.1. The molecule has 0 bridgehead atoms. The number of halogens is 1. The van der Waals surface area contributed by atoms with Gasteiger partial charge in [0.15, 0.2) is 5.78 Å². The van der Waals surface area contributed by atoms with Crippen LogP contribution in [-0.4, -0.2) is 22.9 Å². The molecule has 0 aliphatic heterocycles. The molecular formula is C19H25FN2O3. The molecule has 0 saturated carbocycles. The average molecular weight is 348 g/mol. The highest BCUT2D eigenvalue weighted by Gasteiger charge is 2.22. The smallest absolute Gasteiger partial charge is 0.341 e. The lowest BCUT2D eigenvalue weighted by atomic mass is 10.2. The summed E-state index contributed by atoms with van der Waals surface area (Å²) in [6.45, 7) is 9.09. The fourth-order valence-electron chi connectivity index (χ4n) is 2.31. The molecule has 0 spiro atoms. The zero-order valence-corrected chi connectivity index (χ0v) is 15.6. The van der Waals surface area contributed by atoms with Crippen molar-refractivity contribution in [3.05, 3.63) is 46.9 Å². The Morgan fingerprint density at radius 2 is 1.88 bits per heavy atom. The van der Waals surface area contributed by atoms with E-state index in [2.05, 4.69) is 5.32 Å². The number of nitrogens with zero attached hydrogens (tertiary/aromatic N) is 1. The molecule has 0 radical (unpaired) electrons. The molecular weight excluding hydrogens is 323 g/mol. The molecule has 0 fully saturated rings. The van der Waals surface area contributed by atoms with Gasteiger partial charge in [-0.15, -0.1) is 0 Å². The molecule has 1 aromatic carbocycles. The first-order valence-corrected chi connectivity index (χ1v) is 8.26. The molecule has 0 saturated heterocycles.